The standard InChI is InChI=1S/C16H17BrN/c17-11-4-12-18-13-9-16(10-14-18)8-7-15-5-2-1-3-6-15/h1-3,5-10,13-14H,4,11-12H2/q+1. The number of pyridine rings is 1. The van der Waals surface area contributed by atoms with Gasteiger partial charge in [0.25, 0.3) is 0 Å². The van der Waals surface area contributed by atoms with Crippen LogP contribution in [0.5, 0.6) is 0 Å². The van der Waals surface area contributed by atoms with Crippen LogP contribution in [0, 0.1) is 0 Å². The van der Waals surface area contributed by atoms with Crippen molar-refractivity contribution >= 4 is 28.1 Å². The molecule has 2 rings (SSSR count). The Morgan fingerprint density at radius 1 is 0.889 bits per heavy atom. The molecule has 1 aromatic heterocycles. The van der Waals surface area contributed by atoms with Crippen molar-refractivity contribution in [3.63, 3.8) is 0 Å². The molecule has 0 radical (unpaired) electrons. The van der Waals surface area contributed by atoms with Crippen molar-refractivity contribution in [1.29, 1.82) is 0 Å². The summed E-state index contributed by atoms with van der Waals surface area (Å²) < 4.78 is 2.21. The molecule has 0 aliphatic carbocycles. The second-order valence-corrected chi connectivity index (χ2v) is 4.95. The lowest BCUT2D eigenvalue weighted by Crippen LogP contribution is -2.32. The maximum atomic E-state index is 3.45. The minimum Gasteiger partial charge on any atom is -0.205 e. The highest BCUT2D eigenvalue weighted by atomic mass is 79.9. The Bertz CT molecular complexity index is 488. The van der Waals surface area contributed by atoms with Crippen LogP contribution < -0.4 is 4.57 Å². The molecule has 0 unspecified atom stereocenters. The quantitative estimate of drug-likeness (QED) is 0.582. The second kappa shape index (κ2) is 7.12. The summed E-state index contributed by atoms with van der Waals surface area (Å²) in [5.74, 6) is 0. The van der Waals surface area contributed by atoms with Gasteiger partial charge in [-0.3, -0.25) is 0 Å². The fourth-order valence-corrected chi connectivity index (χ4v) is 1.98. The Kier molecular flexibility index (Phi) is 5.15. The van der Waals surface area contributed by atoms with Crippen LogP contribution in [0.15, 0.2) is 54.9 Å². The molecular formula is C16H17BrN+. The largest absolute Gasteiger partial charge is 0.205 e. The van der Waals surface area contributed by atoms with Gasteiger partial charge in [0.1, 0.15) is 6.54 Å². The number of benzene rings is 1. The molecule has 1 nitrogen and oxygen atoms in total. The number of hydrogen-bond acceptors (Lipinski definition) is 0. The normalized spacial score (nSPS) is 10.9. The first kappa shape index (κ1) is 13.0. The lowest BCUT2D eigenvalue weighted by molar-refractivity contribution is -0.696. The zero-order valence-electron chi connectivity index (χ0n) is 10.3. The van der Waals surface area contributed by atoms with Crippen molar-refractivity contribution in [2.75, 3.05) is 5.33 Å². The number of nitrogens with zero attached hydrogens (tertiary/aromatic N) is 1. The molecule has 0 aliphatic heterocycles. The Balaban J connectivity index is 2.00. The molecule has 0 aliphatic rings. The molecule has 92 valence electrons. The zero-order chi connectivity index (χ0) is 12.6. The predicted molar refractivity (Wildman–Crippen MR) is 80.4 cm³/mol. The summed E-state index contributed by atoms with van der Waals surface area (Å²) in [5.41, 5.74) is 2.46. The summed E-state index contributed by atoms with van der Waals surface area (Å²) >= 11 is 3.45. The Hall–Kier alpha value is -1.41. The lowest BCUT2D eigenvalue weighted by atomic mass is 10.1. The summed E-state index contributed by atoms with van der Waals surface area (Å²) in [4.78, 5) is 0. The van der Waals surface area contributed by atoms with E-state index in [2.05, 4.69) is 81.4 Å². The monoisotopic (exact) mass is 302 g/mol. The number of aryl methyl sites for hydroxylation is 1. The van der Waals surface area contributed by atoms with Gasteiger partial charge < -0.3 is 0 Å². The SMILES string of the molecule is BrCCC[n+]1ccc(C=Cc2ccccc2)cc1. The first-order valence-electron chi connectivity index (χ1n) is 6.17. The van der Waals surface area contributed by atoms with Crippen LogP contribution in [0.4, 0.5) is 0 Å². The summed E-state index contributed by atoms with van der Waals surface area (Å²) in [5, 5.41) is 1.05. The number of hydrogen-bond donors (Lipinski definition) is 0. The molecule has 0 bridgehead atoms. The molecule has 1 heterocycles. The smallest absolute Gasteiger partial charge is 0.169 e. The van der Waals surface area contributed by atoms with Gasteiger partial charge in [-0.15, -0.1) is 0 Å². The lowest BCUT2D eigenvalue weighted by Gasteiger charge is -1.96. The van der Waals surface area contributed by atoms with Gasteiger partial charge in [-0.2, -0.15) is 0 Å². The third-order valence-electron chi connectivity index (χ3n) is 2.73. The molecule has 2 heteroatoms. The fourth-order valence-electron chi connectivity index (χ4n) is 1.73. The van der Waals surface area contributed by atoms with Crippen LogP contribution >= 0.6 is 15.9 Å². The van der Waals surface area contributed by atoms with E-state index in [-0.39, 0.29) is 0 Å². The third-order valence-corrected chi connectivity index (χ3v) is 3.30. The van der Waals surface area contributed by atoms with E-state index in [4.69, 9.17) is 0 Å². The zero-order valence-corrected chi connectivity index (χ0v) is 11.9. The van der Waals surface area contributed by atoms with Gasteiger partial charge in [0.15, 0.2) is 12.4 Å². The van der Waals surface area contributed by atoms with Crippen LogP contribution in [-0.2, 0) is 6.54 Å². The Morgan fingerprint density at radius 2 is 1.50 bits per heavy atom. The maximum Gasteiger partial charge on any atom is 0.169 e. The van der Waals surface area contributed by atoms with E-state index in [9.17, 15) is 0 Å². The van der Waals surface area contributed by atoms with E-state index in [1.165, 1.54) is 11.1 Å². The number of alkyl halides is 1. The maximum absolute atomic E-state index is 3.45. The van der Waals surface area contributed by atoms with Gasteiger partial charge >= 0.3 is 0 Å². The van der Waals surface area contributed by atoms with Crippen molar-refractivity contribution in [1.82, 2.24) is 0 Å². The third kappa shape index (κ3) is 4.11. The molecular weight excluding hydrogens is 286 g/mol. The van der Waals surface area contributed by atoms with Crippen molar-refractivity contribution in [3.8, 4) is 0 Å². The topological polar surface area (TPSA) is 3.88 Å². The highest BCUT2D eigenvalue weighted by Gasteiger charge is 1.98. The van der Waals surface area contributed by atoms with Crippen LogP contribution in [0.3, 0.4) is 0 Å². The number of rotatable bonds is 5. The molecule has 0 fully saturated rings. The Morgan fingerprint density at radius 3 is 2.11 bits per heavy atom. The van der Waals surface area contributed by atoms with Crippen LogP contribution in [0.1, 0.15) is 17.5 Å². The molecule has 18 heavy (non-hydrogen) atoms. The molecule has 0 saturated heterocycles. The summed E-state index contributed by atoms with van der Waals surface area (Å²) in [7, 11) is 0. The van der Waals surface area contributed by atoms with Crippen molar-refractivity contribution in [2.45, 2.75) is 13.0 Å². The minimum atomic E-state index is 1.05. The van der Waals surface area contributed by atoms with Crippen LogP contribution in [0.2, 0.25) is 0 Å². The van der Waals surface area contributed by atoms with Gasteiger partial charge in [-0.05, 0) is 11.1 Å². The molecule has 0 N–H and O–H groups in total. The summed E-state index contributed by atoms with van der Waals surface area (Å²) in [6, 6.07) is 14.6. The van der Waals surface area contributed by atoms with Crippen LogP contribution in [-0.4, -0.2) is 5.33 Å². The highest BCUT2D eigenvalue weighted by molar-refractivity contribution is 9.09. The average Bonchev–Trinajstić information content (AvgIpc) is 2.45. The van der Waals surface area contributed by atoms with Crippen molar-refractivity contribution < 1.29 is 4.57 Å². The number of aromatic nitrogens is 1. The van der Waals surface area contributed by atoms with E-state index in [0.29, 0.717) is 0 Å². The van der Waals surface area contributed by atoms with Crippen LogP contribution in [0.25, 0.3) is 12.2 Å². The molecule has 1 aromatic carbocycles. The van der Waals surface area contributed by atoms with Gasteiger partial charge in [-0.25, -0.2) is 4.57 Å². The molecule has 2 aromatic rings. The first-order chi connectivity index (χ1) is 8.88. The molecule has 0 atom stereocenters. The van der Waals surface area contributed by atoms with E-state index >= 15 is 0 Å². The Labute approximate surface area is 117 Å². The fraction of sp³-hybridized carbons (Fsp3) is 0.188. The van der Waals surface area contributed by atoms with Crippen molar-refractivity contribution in [3.05, 3.63) is 66.0 Å². The van der Waals surface area contributed by atoms with Gasteiger partial charge in [0.05, 0.1) is 0 Å². The van der Waals surface area contributed by atoms with Gasteiger partial charge in [0, 0.05) is 23.9 Å². The minimum absolute atomic E-state index is 1.05. The number of halogens is 1. The molecule has 0 amide bonds. The van der Waals surface area contributed by atoms with E-state index in [1.54, 1.807) is 0 Å². The van der Waals surface area contributed by atoms with E-state index in [1.807, 2.05) is 6.07 Å². The molecule has 0 saturated carbocycles. The first-order valence-corrected chi connectivity index (χ1v) is 7.29. The summed E-state index contributed by atoms with van der Waals surface area (Å²) in [6.07, 6.45) is 9.70. The predicted octanol–water partition coefficient (Wildman–Crippen LogP) is 3.93. The highest BCUT2D eigenvalue weighted by Crippen LogP contribution is 2.06. The molecule has 0 spiro atoms. The van der Waals surface area contributed by atoms with E-state index < -0.39 is 0 Å². The second-order valence-electron chi connectivity index (χ2n) is 4.16. The van der Waals surface area contributed by atoms with Crippen molar-refractivity contribution in [2.24, 2.45) is 0 Å². The van der Waals surface area contributed by atoms with E-state index in [0.717, 1.165) is 18.3 Å². The average molecular weight is 303 g/mol. The van der Waals surface area contributed by atoms with Gasteiger partial charge in [-0.1, -0.05) is 58.4 Å². The van der Waals surface area contributed by atoms with Gasteiger partial charge in [0.2, 0.25) is 0 Å². The summed E-state index contributed by atoms with van der Waals surface area (Å²) in [6.45, 7) is 1.06.